The number of amides is 1. The minimum atomic E-state index is -0.295. The van der Waals surface area contributed by atoms with E-state index in [4.69, 9.17) is 9.47 Å². The van der Waals surface area contributed by atoms with Gasteiger partial charge in [-0.3, -0.25) is 10.1 Å². The van der Waals surface area contributed by atoms with Gasteiger partial charge in [0.2, 0.25) is 5.91 Å². The zero-order chi connectivity index (χ0) is 19.7. The summed E-state index contributed by atoms with van der Waals surface area (Å²) in [6.07, 6.45) is 2.19. The molecule has 0 aliphatic carbocycles. The molecule has 5 nitrogen and oxygen atoms in total. The Morgan fingerprint density at radius 1 is 1.04 bits per heavy atom. The second-order valence-electron chi connectivity index (χ2n) is 9.01. The number of ether oxygens (including phenoxy) is 2. The lowest BCUT2D eigenvalue weighted by Crippen LogP contribution is -2.46. The molecule has 0 spiro atoms. The van der Waals surface area contributed by atoms with Crippen molar-refractivity contribution in [1.82, 2.24) is 10.6 Å². The van der Waals surface area contributed by atoms with Gasteiger partial charge in [0.15, 0.2) is 0 Å². The van der Waals surface area contributed by atoms with Gasteiger partial charge in [-0.05, 0) is 59.4 Å². The second-order valence-corrected chi connectivity index (χ2v) is 9.01. The Morgan fingerprint density at radius 3 is 2.16 bits per heavy atom. The van der Waals surface area contributed by atoms with Crippen LogP contribution in [0.3, 0.4) is 0 Å². The van der Waals surface area contributed by atoms with Crippen LogP contribution in [0.5, 0.6) is 0 Å². The minimum absolute atomic E-state index is 0.0165. The van der Waals surface area contributed by atoms with Crippen LogP contribution in [0.1, 0.15) is 81.6 Å². The standard InChI is InChI=1S/C20H42N2O3/c1-10-13-21-16(2)24-14-11-17(23)22-19(6,7)12-15-25-20(8,9)18(3,4)5/h16,21H,10-15H2,1-9H3,(H,22,23). The fourth-order valence-electron chi connectivity index (χ4n) is 2.02. The molecule has 0 saturated heterocycles. The Hall–Kier alpha value is -0.650. The molecule has 0 aromatic heterocycles. The normalized spacial score (nSPS) is 14.4. The van der Waals surface area contributed by atoms with Gasteiger partial charge >= 0.3 is 0 Å². The molecule has 0 aliphatic rings. The van der Waals surface area contributed by atoms with Crippen molar-refractivity contribution >= 4 is 5.91 Å². The van der Waals surface area contributed by atoms with Crippen molar-refractivity contribution in [3.8, 4) is 0 Å². The van der Waals surface area contributed by atoms with Gasteiger partial charge < -0.3 is 14.8 Å². The van der Waals surface area contributed by atoms with Crippen molar-refractivity contribution in [3.63, 3.8) is 0 Å². The van der Waals surface area contributed by atoms with Gasteiger partial charge in [-0.1, -0.05) is 27.7 Å². The largest absolute Gasteiger partial charge is 0.375 e. The predicted molar refractivity (Wildman–Crippen MR) is 105 cm³/mol. The van der Waals surface area contributed by atoms with Crippen molar-refractivity contribution in [1.29, 1.82) is 0 Å². The monoisotopic (exact) mass is 358 g/mol. The molecule has 150 valence electrons. The molecule has 0 fully saturated rings. The van der Waals surface area contributed by atoms with E-state index in [1.807, 2.05) is 20.8 Å². The lowest BCUT2D eigenvalue weighted by atomic mass is 9.79. The summed E-state index contributed by atoms with van der Waals surface area (Å²) in [6.45, 7) is 20.9. The molecule has 1 unspecified atom stereocenters. The maximum absolute atomic E-state index is 12.1. The first kappa shape index (κ1) is 24.4. The first-order valence-electron chi connectivity index (χ1n) is 9.61. The topological polar surface area (TPSA) is 59.6 Å². The number of hydrogen-bond donors (Lipinski definition) is 2. The third-order valence-electron chi connectivity index (χ3n) is 4.85. The summed E-state index contributed by atoms with van der Waals surface area (Å²) in [5.74, 6) is 0.0165. The van der Waals surface area contributed by atoms with Gasteiger partial charge in [-0.15, -0.1) is 0 Å². The molecule has 0 heterocycles. The summed E-state index contributed by atoms with van der Waals surface area (Å²) in [5.41, 5.74) is -0.431. The average Bonchev–Trinajstić information content (AvgIpc) is 2.42. The maximum atomic E-state index is 12.1. The van der Waals surface area contributed by atoms with Gasteiger partial charge in [0.25, 0.3) is 0 Å². The number of carbonyl (C=O) groups excluding carboxylic acids is 1. The molecule has 2 N–H and O–H groups in total. The summed E-state index contributed by atoms with van der Waals surface area (Å²) >= 11 is 0. The Balaban J connectivity index is 4.11. The summed E-state index contributed by atoms with van der Waals surface area (Å²) in [5, 5.41) is 6.32. The van der Waals surface area contributed by atoms with E-state index < -0.39 is 0 Å². The summed E-state index contributed by atoms with van der Waals surface area (Å²) in [7, 11) is 0. The van der Waals surface area contributed by atoms with E-state index in [9.17, 15) is 4.79 Å². The number of nitrogens with one attached hydrogen (secondary N) is 2. The van der Waals surface area contributed by atoms with E-state index >= 15 is 0 Å². The molecule has 0 bridgehead atoms. The Morgan fingerprint density at radius 2 is 1.64 bits per heavy atom. The van der Waals surface area contributed by atoms with Crippen molar-refractivity contribution in [2.45, 2.75) is 98.9 Å². The van der Waals surface area contributed by atoms with Crippen LogP contribution in [0.2, 0.25) is 0 Å². The van der Waals surface area contributed by atoms with Gasteiger partial charge in [-0.2, -0.15) is 0 Å². The lowest BCUT2D eigenvalue weighted by molar-refractivity contribution is -0.125. The Kier molecular flexibility index (Phi) is 10.2. The van der Waals surface area contributed by atoms with E-state index in [0.29, 0.717) is 19.6 Å². The van der Waals surface area contributed by atoms with Crippen LogP contribution >= 0.6 is 0 Å². The summed E-state index contributed by atoms with van der Waals surface area (Å²) < 4.78 is 11.7. The highest BCUT2D eigenvalue weighted by Gasteiger charge is 2.34. The van der Waals surface area contributed by atoms with E-state index in [0.717, 1.165) is 19.4 Å². The van der Waals surface area contributed by atoms with Crippen molar-refractivity contribution < 1.29 is 14.3 Å². The second kappa shape index (κ2) is 10.5. The molecule has 0 radical (unpaired) electrons. The molecule has 1 atom stereocenters. The van der Waals surface area contributed by atoms with Gasteiger partial charge in [-0.25, -0.2) is 0 Å². The average molecular weight is 359 g/mol. The van der Waals surface area contributed by atoms with Gasteiger partial charge in [0.1, 0.15) is 6.23 Å². The highest BCUT2D eigenvalue weighted by atomic mass is 16.5. The fourth-order valence-corrected chi connectivity index (χ4v) is 2.02. The van der Waals surface area contributed by atoms with Crippen molar-refractivity contribution in [3.05, 3.63) is 0 Å². The van der Waals surface area contributed by atoms with Crippen LogP contribution < -0.4 is 10.6 Å². The molecule has 25 heavy (non-hydrogen) atoms. The molecule has 0 aliphatic heterocycles. The van der Waals surface area contributed by atoms with Crippen LogP contribution in [-0.2, 0) is 14.3 Å². The van der Waals surface area contributed by atoms with Crippen LogP contribution in [0.25, 0.3) is 0 Å². The van der Waals surface area contributed by atoms with Gasteiger partial charge in [0.05, 0.1) is 18.6 Å². The first-order chi connectivity index (χ1) is 11.3. The molecular formula is C20H42N2O3. The highest BCUT2D eigenvalue weighted by molar-refractivity contribution is 5.76. The maximum Gasteiger partial charge on any atom is 0.222 e. The van der Waals surface area contributed by atoms with Crippen molar-refractivity contribution in [2.24, 2.45) is 5.41 Å². The van der Waals surface area contributed by atoms with Gasteiger partial charge in [0, 0.05) is 12.1 Å². The van der Waals surface area contributed by atoms with E-state index in [2.05, 4.69) is 52.2 Å². The highest BCUT2D eigenvalue weighted by Crippen LogP contribution is 2.33. The van der Waals surface area contributed by atoms with E-state index in [1.54, 1.807) is 0 Å². The third-order valence-corrected chi connectivity index (χ3v) is 4.85. The quantitative estimate of drug-likeness (QED) is 0.520. The SMILES string of the molecule is CCCNC(C)OCCC(=O)NC(C)(C)CCOC(C)(C)C(C)(C)C. The molecule has 0 saturated carbocycles. The predicted octanol–water partition coefficient (Wildman–Crippen LogP) is 3.86. The van der Waals surface area contributed by atoms with Crippen LogP contribution in [0, 0.1) is 5.41 Å². The third kappa shape index (κ3) is 10.8. The zero-order valence-electron chi connectivity index (χ0n) is 18.0. The first-order valence-corrected chi connectivity index (χ1v) is 9.61. The van der Waals surface area contributed by atoms with Crippen molar-refractivity contribution in [2.75, 3.05) is 19.8 Å². The number of hydrogen-bond acceptors (Lipinski definition) is 4. The van der Waals surface area contributed by atoms with E-state index in [1.165, 1.54) is 0 Å². The molecule has 5 heteroatoms. The summed E-state index contributed by atoms with van der Waals surface area (Å²) in [6, 6.07) is 0. The smallest absolute Gasteiger partial charge is 0.222 e. The molecule has 0 aromatic carbocycles. The molecule has 1 amide bonds. The minimum Gasteiger partial charge on any atom is -0.375 e. The van der Waals surface area contributed by atoms with Crippen LogP contribution in [0.15, 0.2) is 0 Å². The fraction of sp³-hybridized carbons (Fsp3) is 0.950. The van der Waals surface area contributed by atoms with E-state index in [-0.39, 0.29) is 28.7 Å². The molecular weight excluding hydrogens is 316 g/mol. The number of carbonyl (C=O) groups is 1. The molecule has 0 aromatic rings. The van der Waals surface area contributed by atoms with Crippen LogP contribution in [0.4, 0.5) is 0 Å². The Labute approximate surface area is 155 Å². The summed E-state index contributed by atoms with van der Waals surface area (Å²) in [4.78, 5) is 12.1. The number of rotatable bonds is 12. The zero-order valence-corrected chi connectivity index (χ0v) is 18.0. The lowest BCUT2D eigenvalue weighted by Gasteiger charge is -2.39. The Bertz CT molecular complexity index is 387. The van der Waals surface area contributed by atoms with Crippen LogP contribution in [-0.4, -0.2) is 43.0 Å². The molecule has 0 rings (SSSR count).